The molecule has 1 aliphatic carbocycles. The molecule has 5 nitrogen and oxygen atoms in total. The molecule has 0 aliphatic heterocycles. The quantitative estimate of drug-likeness (QED) is 0.593. The molecule has 0 unspecified atom stereocenters. The van der Waals surface area contributed by atoms with E-state index >= 15 is 0 Å². The topological polar surface area (TPSA) is 72.8 Å². The number of likely N-dealkylation sites (N-methyl/N-ethyl adjacent to an activating group) is 1. The van der Waals surface area contributed by atoms with Crippen molar-refractivity contribution in [2.45, 2.75) is 37.5 Å². The summed E-state index contributed by atoms with van der Waals surface area (Å²) in [7, 11) is 3.86. The van der Waals surface area contributed by atoms with Gasteiger partial charge in [0.2, 0.25) is 0 Å². The molecule has 82 valence electrons. The number of amides is 1. The maximum Gasteiger partial charge on any atom is 0.404 e. The summed E-state index contributed by atoms with van der Waals surface area (Å²) >= 11 is 0. The minimum absolute atomic E-state index is 0.0984. The third-order valence-corrected chi connectivity index (χ3v) is 2.77. The molecule has 1 amide bonds. The van der Waals surface area contributed by atoms with Crippen LogP contribution < -0.4 is 5.32 Å². The van der Waals surface area contributed by atoms with Gasteiger partial charge < -0.3 is 20.4 Å². The second-order valence-corrected chi connectivity index (χ2v) is 4.06. The van der Waals surface area contributed by atoms with Gasteiger partial charge in [0.1, 0.15) is 0 Å². The predicted octanol–water partition coefficient (Wildman–Crippen LogP) is 0.0976. The van der Waals surface area contributed by atoms with Gasteiger partial charge in [0.25, 0.3) is 0 Å². The smallest absolute Gasteiger partial charge is 0.404 e. The van der Waals surface area contributed by atoms with Crippen LogP contribution in [0.4, 0.5) is 4.79 Å². The van der Waals surface area contributed by atoms with Crippen molar-refractivity contribution in [1.29, 1.82) is 0 Å². The van der Waals surface area contributed by atoms with Crippen LogP contribution >= 0.6 is 0 Å². The van der Waals surface area contributed by atoms with E-state index in [4.69, 9.17) is 5.11 Å². The molecule has 1 fully saturated rings. The molecular formula is C9H18N2O3. The minimum atomic E-state index is -1.01. The van der Waals surface area contributed by atoms with Gasteiger partial charge in [-0.15, -0.1) is 0 Å². The Balaban J connectivity index is 2.42. The van der Waals surface area contributed by atoms with Crippen molar-refractivity contribution in [3.63, 3.8) is 0 Å². The third-order valence-electron chi connectivity index (χ3n) is 2.77. The number of aliphatic hydroxyl groups excluding tert-OH is 1. The van der Waals surface area contributed by atoms with E-state index in [1.165, 1.54) is 0 Å². The van der Waals surface area contributed by atoms with E-state index in [0.717, 1.165) is 12.8 Å². The third kappa shape index (κ3) is 2.85. The second-order valence-electron chi connectivity index (χ2n) is 4.06. The molecule has 5 heteroatoms. The zero-order chi connectivity index (χ0) is 10.7. The van der Waals surface area contributed by atoms with Crippen LogP contribution in [0.3, 0.4) is 0 Å². The molecule has 0 heterocycles. The number of aliphatic hydroxyl groups is 1. The van der Waals surface area contributed by atoms with Crippen molar-refractivity contribution in [1.82, 2.24) is 10.2 Å². The van der Waals surface area contributed by atoms with Gasteiger partial charge in [-0.1, -0.05) is 0 Å². The fourth-order valence-corrected chi connectivity index (χ4v) is 2.04. The van der Waals surface area contributed by atoms with Gasteiger partial charge in [-0.05, 0) is 33.4 Å². The summed E-state index contributed by atoms with van der Waals surface area (Å²) in [6.07, 6.45) is 0.696. The fraction of sp³-hybridized carbons (Fsp3) is 0.889. The normalized spacial score (nSPS) is 33.0. The highest BCUT2D eigenvalue weighted by Crippen LogP contribution is 2.22. The molecule has 0 radical (unpaired) electrons. The number of rotatable bonds is 2. The summed E-state index contributed by atoms with van der Waals surface area (Å²) < 4.78 is 0. The Bertz CT molecular complexity index is 208. The molecule has 0 aromatic carbocycles. The number of carbonyl (C=O) groups is 1. The van der Waals surface area contributed by atoms with E-state index in [0.29, 0.717) is 6.42 Å². The Kier molecular flexibility index (Phi) is 3.71. The lowest BCUT2D eigenvalue weighted by molar-refractivity contribution is 0.0317. The highest BCUT2D eigenvalue weighted by molar-refractivity contribution is 5.64. The predicted molar refractivity (Wildman–Crippen MR) is 52.3 cm³/mol. The molecule has 3 N–H and O–H groups in total. The summed E-state index contributed by atoms with van der Waals surface area (Å²) in [4.78, 5) is 12.4. The van der Waals surface area contributed by atoms with Gasteiger partial charge in [0.15, 0.2) is 0 Å². The molecule has 3 atom stereocenters. The summed E-state index contributed by atoms with van der Waals surface area (Å²) in [5, 5.41) is 20.7. The van der Waals surface area contributed by atoms with E-state index in [2.05, 4.69) is 5.32 Å². The molecule has 1 aliphatic rings. The van der Waals surface area contributed by atoms with Crippen LogP contribution in [0.5, 0.6) is 0 Å². The van der Waals surface area contributed by atoms with Gasteiger partial charge in [-0.25, -0.2) is 4.79 Å². The monoisotopic (exact) mass is 202 g/mol. The van der Waals surface area contributed by atoms with Crippen LogP contribution in [-0.2, 0) is 0 Å². The molecule has 0 bridgehead atoms. The lowest BCUT2D eigenvalue weighted by Gasteiger charge is -2.36. The number of hydrogen-bond acceptors (Lipinski definition) is 3. The summed E-state index contributed by atoms with van der Waals surface area (Å²) in [6.45, 7) is 0. The lowest BCUT2D eigenvalue weighted by atomic mass is 9.88. The zero-order valence-corrected chi connectivity index (χ0v) is 8.60. The molecular weight excluding hydrogens is 184 g/mol. The number of carboxylic acid groups (broad SMARTS) is 1. The maximum atomic E-state index is 10.4. The Hall–Kier alpha value is -0.810. The van der Waals surface area contributed by atoms with Crippen LogP contribution in [0.1, 0.15) is 19.3 Å². The van der Waals surface area contributed by atoms with Gasteiger partial charge in [0, 0.05) is 12.1 Å². The molecule has 1 rings (SSSR count). The van der Waals surface area contributed by atoms with Crippen LogP contribution in [0.25, 0.3) is 0 Å². The Morgan fingerprint density at radius 3 is 2.50 bits per heavy atom. The van der Waals surface area contributed by atoms with Crippen molar-refractivity contribution in [3.8, 4) is 0 Å². The van der Waals surface area contributed by atoms with Gasteiger partial charge >= 0.3 is 6.09 Å². The van der Waals surface area contributed by atoms with E-state index < -0.39 is 12.2 Å². The Morgan fingerprint density at radius 1 is 1.43 bits per heavy atom. The average molecular weight is 202 g/mol. The lowest BCUT2D eigenvalue weighted by Crippen LogP contribution is -2.49. The first-order chi connectivity index (χ1) is 6.50. The fourth-order valence-electron chi connectivity index (χ4n) is 2.04. The largest absolute Gasteiger partial charge is 0.465 e. The molecule has 0 saturated heterocycles. The van der Waals surface area contributed by atoms with Crippen molar-refractivity contribution in [2.24, 2.45) is 0 Å². The van der Waals surface area contributed by atoms with E-state index in [9.17, 15) is 9.90 Å². The molecule has 0 spiro atoms. The summed E-state index contributed by atoms with van der Waals surface area (Å²) in [5.74, 6) is 0. The summed E-state index contributed by atoms with van der Waals surface area (Å²) in [5.41, 5.74) is 0. The van der Waals surface area contributed by atoms with E-state index in [-0.39, 0.29) is 12.1 Å². The zero-order valence-electron chi connectivity index (χ0n) is 8.60. The SMILES string of the molecule is CN(C)[C@H]1CC[C@H](NC(=O)O)C[C@@H]1O. The van der Waals surface area contributed by atoms with Crippen LogP contribution in [0.15, 0.2) is 0 Å². The first kappa shape index (κ1) is 11.3. The first-order valence-electron chi connectivity index (χ1n) is 4.84. The van der Waals surface area contributed by atoms with Gasteiger partial charge in [0.05, 0.1) is 6.10 Å². The van der Waals surface area contributed by atoms with Crippen LogP contribution in [-0.4, -0.2) is 53.5 Å². The molecule has 0 aromatic heterocycles. The molecule has 14 heavy (non-hydrogen) atoms. The van der Waals surface area contributed by atoms with Gasteiger partial charge in [-0.3, -0.25) is 0 Å². The van der Waals surface area contributed by atoms with Crippen molar-refractivity contribution >= 4 is 6.09 Å². The van der Waals surface area contributed by atoms with Crippen LogP contribution in [0.2, 0.25) is 0 Å². The molecule has 1 saturated carbocycles. The standard InChI is InChI=1S/C9H18N2O3/c1-11(2)7-4-3-6(5-8(7)12)10-9(13)14/h6-8,10,12H,3-5H2,1-2H3,(H,13,14)/t6-,7-,8-/m0/s1. The Labute approximate surface area is 83.7 Å². The maximum absolute atomic E-state index is 10.4. The van der Waals surface area contributed by atoms with Crippen LogP contribution in [0, 0.1) is 0 Å². The number of nitrogens with one attached hydrogen (secondary N) is 1. The first-order valence-corrected chi connectivity index (χ1v) is 4.84. The highest BCUT2D eigenvalue weighted by Gasteiger charge is 2.30. The molecule has 0 aromatic rings. The number of nitrogens with zero attached hydrogens (tertiary/aromatic N) is 1. The second kappa shape index (κ2) is 4.61. The van der Waals surface area contributed by atoms with E-state index in [1.807, 2.05) is 19.0 Å². The van der Waals surface area contributed by atoms with Crippen molar-refractivity contribution < 1.29 is 15.0 Å². The van der Waals surface area contributed by atoms with E-state index in [1.54, 1.807) is 0 Å². The number of hydrogen-bond donors (Lipinski definition) is 3. The minimum Gasteiger partial charge on any atom is -0.465 e. The summed E-state index contributed by atoms with van der Waals surface area (Å²) in [6, 6.07) is 0.0561. The average Bonchev–Trinajstić information content (AvgIpc) is 2.01. The van der Waals surface area contributed by atoms with Crippen molar-refractivity contribution in [2.75, 3.05) is 14.1 Å². The Morgan fingerprint density at radius 2 is 2.07 bits per heavy atom. The van der Waals surface area contributed by atoms with Gasteiger partial charge in [-0.2, -0.15) is 0 Å². The van der Waals surface area contributed by atoms with Crippen molar-refractivity contribution in [3.05, 3.63) is 0 Å². The highest BCUT2D eigenvalue weighted by atomic mass is 16.4.